The first-order valence-electron chi connectivity index (χ1n) is 8.03. The van der Waals surface area contributed by atoms with Gasteiger partial charge in [-0.1, -0.05) is 26.0 Å². The Bertz CT molecular complexity index is 591. The topological polar surface area (TPSA) is 79.0 Å². The lowest BCUT2D eigenvalue weighted by molar-refractivity contribution is -0.121. The SMILES string of the molecule is COCCNCC(=O)NC(CC(C)C)c1nc2ccccc2[nH]1. The van der Waals surface area contributed by atoms with Crippen molar-refractivity contribution in [3.8, 4) is 0 Å². The summed E-state index contributed by atoms with van der Waals surface area (Å²) in [4.78, 5) is 20.1. The predicted molar refractivity (Wildman–Crippen MR) is 91.2 cm³/mol. The predicted octanol–water partition coefficient (Wildman–Crippen LogP) is 2.00. The highest BCUT2D eigenvalue weighted by Gasteiger charge is 2.19. The van der Waals surface area contributed by atoms with Crippen molar-refractivity contribution in [3.05, 3.63) is 30.1 Å². The van der Waals surface area contributed by atoms with E-state index in [0.29, 0.717) is 19.1 Å². The van der Waals surface area contributed by atoms with E-state index in [0.717, 1.165) is 23.3 Å². The lowest BCUT2D eigenvalue weighted by Gasteiger charge is -2.19. The zero-order valence-electron chi connectivity index (χ0n) is 14.1. The number of aromatic amines is 1. The number of para-hydroxylation sites is 2. The molecule has 1 aromatic carbocycles. The minimum absolute atomic E-state index is 0.0350. The van der Waals surface area contributed by atoms with Gasteiger partial charge in [0.25, 0.3) is 0 Å². The molecule has 126 valence electrons. The van der Waals surface area contributed by atoms with Crippen molar-refractivity contribution in [2.24, 2.45) is 5.92 Å². The summed E-state index contributed by atoms with van der Waals surface area (Å²) >= 11 is 0. The number of nitrogens with zero attached hydrogens (tertiary/aromatic N) is 1. The van der Waals surface area contributed by atoms with Gasteiger partial charge in [0, 0.05) is 13.7 Å². The second-order valence-corrected chi connectivity index (χ2v) is 6.06. The highest BCUT2D eigenvalue weighted by molar-refractivity contribution is 5.79. The van der Waals surface area contributed by atoms with Crippen molar-refractivity contribution in [2.75, 3.05) is 26.8 Å². The summed E-state index contributed by atoms with van der Waals surface area (Å²) in [7, 11) is 1.64. The third-order valence-corrected chi connectivity index (χ3v) is 3.55. The standard InChI is InChI=1S/C17H26N4O2/c1-12(2)10-15(19-16(22)11-18-8-9-23-3)17-20-13-6-4-5-7-14(13)21-17/h4-7,12,15,18H,8-11H2,1-3H3,(H,19,22)(H,20,21). The lowest BCUT2D eigenvalue weighted by Crippen LogP contribution is -2.38. The van der Waals surface area contributed by atoms with E-state index in [9.17, 15) is 4.79 Å². The minimum Gasteiger partial charge on any atom is -0.383 e. The van der Waals surface area contributed by atoms with E-state index in [4.69, 9.17) is 4.74 Å². The van der Waals surface area contributed by atoms with Crippen LogP contribution in [0.25, 0.3) is 11.0 Å². The molecule has 2 aromatic rings. The second kappa shape index (κ2) is 8.64. The van der Waals surface area contributed by atoms with Crippen LogP contribution in [-0.2, 0) is 9.53 Å². The molecule has 0 bridgehead atoms. The van der Waals surface area contributed by atoms with Gasteiger partial charge in [-0.3, -0.25) is 4.79 Å². The van der Waals surface area contributed by atoms with Gasteiger partial charge in [0.05, 0.1) is 30.2 Å². The Morgan fingerprint density at radius 2 is 2.13 bits per heavy atom. The van der Waals surface area contributed by atoms with Crippen molar-refractivity contribution in [3.63, 3.8) is 0 Å². The van der Waals surface area contributed by atoms with Gasteiger partial charge in [-0.25, -0.2) is 4.98 Å². The molecule has 1 unspecified atom stereocenters. The van der Waals surface area contributed by atoms with Crippen molar-refractivity contribution < 1.29 is 9.53 Å². The van der Waals surface area contributed by atoms with E-state index in [2.05, 4.69) is 34.4 Å². The van der Waals surface area contributed by atoms with E-state index in [1.807, 2.05) is 24.3 Å². The van der Waals surface area contributed by atoms with E-state index in [1.165, 1.54) is 0 Å². The summed E-state index contributed by atoms with van der Waals surface area (Å²) in [6.07, 6.45) is 0.837. The van der Waals surface area contributed by atoms with Crippen LogP contribution in [0, 0.1) is 5.92 Å². The zero-order chi connectivity index (χ0) is 16.7. The number of amides is 1. The molecule has 1 atom stereocenters. The Morgan fingerprint density at radius 3 is 2.83 bits per heavy atom. The van der Waals surface area contributed by atoms with Crippen molar-refractivity contribution in [2.45, 2.75) is 26.3 Å². The quantitative estimate of drug-likeness (QED) is 0.618. The number of imidazole rings is 1. The number of fused-ring (bicyclic) bond motifs is 1. The Labute approximate surface area is 137 Å². The molecule has 1 amide bonds. The fourth-order valence-corrected chi connectivity index (χ4v) is 2.47. The first kappa shape index (κ1) is 17.4. The molecule has 1 heterocycles. The van der Waals surface area contributed by atoms with Crippen molar-refractivity contribution in [1.82, 2.24) is 20.6 Å². The zero-order valence-corrected chi connectivity index (χ0v) is 14.1. The maximum Gasteiger partial charge on any atom is 0.234 e. The molecule has 2 rings (SSSR count). The van der Waals surface area contributed by atoms with E-state index >= 15 is 0 Å². The normalized spacial score (nSPS) is 12.7. The highest BCUT2D eigenvalue weighted by Crippen LogP contribution is 2.21. The molecule has 1 aromatic heterocycles. The molecule has 0 spiro atoms. The Balaban J connectivity index is 2.02. The van der Waals surface area contributed by atoms with Crippen LogP contribution in [0.5, 0.6) is 0 Å². The molecule has 3 N–H and O–H groups in total. The number of carbonyl (C=O) groups is 1. The smallest absolute Gasteiger partial charge is 0.234 e. The average molecular weight is 318 g/mol. The van der Waals surface area contributed by atoms with Gasteiger partial charge in [-0.15, -0.1) is 0 Å². The molecule has 6 heteroatoms. The van der Waals surface area contributed by atoms with Crippen LogP contribution in [0.3, 0.4) is 0 Å². The van der Waals surface area contributed by atoms with Gasteiger partial charge < -0.3 is 20.4 Å². The number of benzene rings is 1. The molecule has 0 aliphatic rings. The molecule has 6 nitrogen and oxygen atoms in total. The third kappa shape index (κ3) is 5.33. The molecular formula is C17H26N4O2. The molecule has 0 saturated carbocycles. The largest absolute Gasteiger partial charge is 0.383 e. The van der Waals surface area contributed by atoms with Crippen molar-refractivity contribution >= 4 is 16.9 Å². The summed E-state index contributed by atoms with van der Waals surface area (Å²) in [5.41, 5.74) is 1.91. The monoisotopic (exact) mass is 318 g/mol. The summed E-state index contributed by atoms with van der Waals surface area (Å²) in [5, 5.41) is 6.12. The maximum absolute atomic E-state index is 12.1. The van der Waals surface area contributed by atoms with Crippen LogP contribution in [0.2, 0.25) is 0 Å². The number of carbonyl (C=O) groups excluding carboxylic acids is 1. The van der Waals surface area contributed by atoms with E-state index < -0.39 is 0 Å². The van der Waals surface area contributed by atoms with Crippen LogP contribution in [0.15, 0.2) is 24.3 Å². The number of nitrogens with one attached hydrogen (secondary N) is 3. The van der Waals surface area contributed by atoms with E-state index in [-0.39, 0.29) is 18.5 Å². The molecule has 0 fully saturated rings. The highest BCUT2D eigenvalue weighted by atomic mass is 16.5. The first-order chi connectivity index (χ1) is 11.1. The lowest BCUT2D eigenvalue weighted by atomic mass is 10.0. The molecule has 0 saturated heterocycles. The van der Waals surface area contributed by atoms with Gasteiger partial charge in [0.15, 0.2) is 0 Å². The Hall–Kier alpha value is -1.92. The first-order valence-corrected chi connectivity index (χ1v) is 8.03. The van der Waals surface area contributed by atoms with Gasteiger partial charge in [-0.05, 0) is 24.5 Å². The van der Waals surface area contributed by atoms with Gasteiger partial charge in [0.1, 0.15) is 5.82 Å². The summed E-state index contributed by atoms with van der Waals surface area (Å²) in [5.74, 6) is 1.23. The summed E-state index contributed by atoms with van der Waals surface area (Å²) in [6, 6.07) is 7.78. The minimum atomic E-state index is -0.112. The molecule has 23 heavy (non-hydrogen) atoms. The van der Waals surface area contributed by atoms with Crippen LogP contribution < -0.4 is 10.6 Å². The van der Waals surface area contributed by atoms with E-state index in [1.54, 1.807) is 7.11 Å². The fraction of sp³-hybridized carbons (Fsp3) is 0.529. The summed E-state index contributed by atoms with van der Waals surface area (Å²) in [6.45, 7) is 5.80. The number of aromatic nitrogens is 2. The third-order valence-electron chi connectivity index (χ3n) is 3.55. The molecular weight excluding hydrogens is 292 g/mol. The molecule has 0 radical (unpaired) electrons. The second-order valence-electron chi connectivity index (χ2n) is 6.06. The van der Waals surface area contributed by atoms with Gasteiger partial charge >= 0.3 is 0 Å². The van der Waals surface area contributed by atoms with Crippen molar-refractivity contribution in [1.29, 1.82) is 0 Å². The maximum atomic E-state index is 12.1. The average Bonchev–Trinajstić information content (AvgIpc) is 2.94. The fourth-order valence-electron chi connectivity index (χ4n) is 2.47. The van der Waals surface area contributed by atoms with Crippen LogP contribution in [0.4, 0.5) is 0 Å². The number of rotatable bonds is 9. The Kier molecular flexibility index (Phi) is 6.55. The van der Waals surface area contributed by atoms with Crippen LogP contribution in [-0.4, -0.2) is 42.7 Å². The molecule has 0 aliphatic heterocycles. The number of hydrogen-bond acceptors (Lipinski definition) is 4. The van der Waals surface area contributed by atoms with Crippen LogP contribution in [0.1, 0.15) is 32.1 Å². The summed E-state index contributed by atoms with van der Waals surface area (Å²) < 4.78 is 4.95. The van der Waals surface area contributed by atoms with Gasteiger partial charge in [-0.2, -0.15) is 0 Å². The number of methoxy groups -OCH3 is 1. The van der Waals surface area contributed by atoms with Crippen LogP contribution >= 0.6 is 0 Å². The number of hydrogen-bond donors (Lipinski definition) is 3. The number of H-pyrrole nitrogens is 1. The van der Waals surface area contributed by atoms with Gasteiger partial charge in [0.2, 0.25) is 5.91 Å². The molecule has 0 aliphatic carbocycles. The Morgan fingerprint density at radius 1 is 1.35 bits per heavy atom. The number of ether oxygens (including phenoxy) is 1.